The van der Waals surface area contributed by atoms with E-state index in [0.717, 1.165) is 17.0 Å². The van der Waals surface area contributed by atoms with Gasteiger partial charge in [0.05, 0.1) is 18.2 Å². The van der Waals surface area contributed by atoms with Gasteiger partial charge < -0.3 is 4.74 Å². The predicted molar refractivity (Wildman–Crippen MR) is 95.1 cm³/mol. The summed E-state index contributed by atoms with van der Waals surface area (Å²) >= 11 is 1.20. The van der Waals surface area contributed by atoms with Gasteiger partial charge in [-0.2, -0.15) is 13.2 Å². The predicted octanol–water partition coefficient (Wildman–Crippen LogP) is 4.41. The van der Waals surface area contributed by atoms with Crippen LogP contribution in [-0.2, 0) is 12.6 Å². The lowest BCUT2D eigenvalue weighted by Gasteiger charge is -2.07. The number of amides is 1. The molecule has 0 aliphatic rings. The molecule has 1 aromatic carbocycles. The maximum Gasteiger partial charge on any atom is 0.416 e. The minimum Gasteiger partial charge on any atom is -0.481 e. The van der Waals surface area contributed by atoms with E-state index in [1.165, 1.54) is 36.9 Å². The Hall–Kier alpha value is -2.94. The van der Waals surface area contributed by atoms with Crippen LogP contribution in [0.2, 0.25) is 0 Å². The molecule has 0 unspecified atom stereocenters. The molecule has 1 N–H and O–H groups in total. The van der Waals surface area contributed by atoms with Crippen LogP contribution in [0, 0.1) is 0 Å². The molecule has 0 aliphatic heterocycles. The average molecular weight is 393 g/mol. The molecule has 2 aromatic heterocycles. The van der Waals surface area contributed by atoms with Crippen molar-refractivity contribution in [2.24, 2.45) is 0 Å². The van der Waals surface area contributed by atoms with Crippen molar-refractivity contribution in [3.8, 4) is 5.88 Å². The van der Waals surface area contributed by atoms with E-state index in [1.807, 2.05) is 0 Å². The van der Waals surface area contributed by atoms with Crippen molar-refractivity contribution in [3.63, 3.8) is 0 Å². The summed E-state index contributed by atoms with van der Waals surface area (Å²) in [4.78, 5) is 21.0. The van der Waals surface area contributed by atoms with E-state index in [0.29, 0.717) is 28.6 Å². The first-order valence-corrected chi connectivity index (χ1v) is 8.59. The van der Waals surface area contributed by atoms with Crippen molar-refractivity contribution in [2.75, 3.05) is 12.4 Å². The molecular formula is C18H14F3N3O2S. The van der Waals surface area contributed by atoms with Crippen molar-refractivity contribution in [3.05, 3.63) is 70.4 Å². The summed E-state index contributed by atoms with van der Waals surface area (Å²) in [6.07, 6.45) is -1.17. The Morgan fingerprint density at radius 1 is 1.19 bits per heavy atom. The number of benzene rings is 1. The molecule has 1 amide bonds. The van der Waals surface area contributed by atoms with Gasteiger partial charge in [-0.15, -0.1) is 11.3 Å². The molecule has 0 spiro atoms. The molecule has 3 aromatic rings. The summed E-state index contributed by atoms with van der Waals surface area (Å²) < 4.78 is 43.3. The van der Waals surface area contributed by atoms with Crippen LogP contribution >= 0.6 is 11.3 Å². The molecule has 5 nitrogen and oxygen atoms in total. The van der Waals surface area contributed by atoms with E-state index in [-0.39, 0.29) is 5.91 Å². The van der Waals surface area contributed by atoms with Gasteiger partial charge in [0.2, 0.25) is 5.88 Å². The third-order valence-electron chi connectivity index (χ3n) is 3.61. The highest BCUT2D eigenvalue weighted by Crippen LogP contribution is 2.30. The van der Waals surface area contributed by atoms with Crippen molar-refractivity contribution in [1.82, 2.24) is 9.97 Å². The van der Waals surface area contributed by atoms with E-state index >= 15 is 0 Å². The molecule has 0 atom stereocenters. The van der Waals surface area contributed by atoms with E-state index in [2.05, 4.69) is 15.3 Å². The summed E-state index contributed by atoms with van der Waals surface area (Å²) in [6.45, 7) is 0. The highest BCUT2D eigenvalue weighted by Gasteiger charge is 2.30. The number of ether oxygens (including phenoxy) is 1. The number of halogens is 3. The fourth-order valence-corrected chi connectivity index (χ4v) is 3.15. The SMILES string of the molecule is COc1ccc(C(=O)Nc2ncc(Cc3cccc(C(F)(F)F)c3)s2)cn1. The zero-order chi connectivity index (χ0) is 19.4. The molecule has 0 radical (unpaired) electrons. The number of thiazole rings is 1. The quantitative estimate of drug-likeness (QED) is 0.698. The second-order valence-corrected chi connectivity index (χ2v) is 6.67. The lowest BCUT2D eigenvalue weighted by Crippen LogP contribution is -2.11. The summed E-state index contributed by atoms with van der Waals surface area (Å²) in [5.74, 6) is 0.00861. The van der Waals surface area contributed by atoms with Gasteiger partial charge in [-0.1, -0.05) is 18.2 Å². The number of nitrogens with zero attached hydrogens (tertiary/aromatic N) is 2. The highest BCUT2D eigenvalue weighted by atomic mass is 32.1. The zero-order valence-corrected chi connectivity index (χ0v) is 14.9. The Morgan fingerprint density at radius 2 is 2.00 bits per heavy atom. The Balaban J connectivity index is 1.67. The fourth-order valence-electron chi connectivity index (χ4n) is 2.31. The van der Waals surface area contributed by atoms with E-state index < -0.39 is 11.7 Å². The third-order valence-corrected chi connectivity index (χ3v) is 4.53. The van der Waals surface area contributed by atoms with Crippen LogP contribution in [0.15, 0.2) is 48.8 Å². The van der Waals surface area contributed by atoms with Gasteiger partial charge >= 0.3 is 6.18 Å². The first-order valence-electron chi connectivity index (χ1n) is 7.77. The van der Waals surface area contributed by atoms with Gasteiger partial charge in [0, 0.05) is 29.8 Å². The van der Waals surface area contributed by atoms with Crippen LogP contribution in [0.4, 0.5) is 18.3 Å². The number of nitrogens with one attached hydrogen (secondary N) is 1. The largest absolute Gasteiger partial charge is 0.481 e. The minimum atomic E-state index is -4.38. The fraction of sp³-hybridized carbons (Fsp3) is 0.167. The second-order valence-electron chi connectivity index (χ2n) is 5.55. The molecular weight excluding hydrogens is 379 g/mol. The molecule has 0 saturated carbocycles. The van der Waals surface area contributed by atoms with Gasteiger partial charge in [-0.05, 0) is 17.7 Å². The maximum atomic E-state index is 12.8. The van der Waals surface area contributed by atoms with E-state index in [4.69, 9.17) is 4.74 Å². The number of carbonyl (C=O) groups excluding carboxylic acids is 1. The topological polar surface area (TPSA) is 64.1 Å². The average Bonchev–Trinajstić information content (AvgIpc) is 3.08. The highest BCUT2D eigenvalue weighted by molar-refractivity contribution is 7.15. The Kier molecular flexibility index (Phi) is 5.41. The number of methoxy groups -OCH3 is 1. The van der Waals surface area contributed by atoms with Gasteiger partial charge in [0.1, 0.15) is 0 Å². The number of carbonyl (C=O) groups is 1. The van der Waals surface area contributed by atoms with Crippen molar-refractivity contribution < 1.29 is 22.7 Å². The van der Waals surface area contributed by atoms with Gasteiger partial charge in [-0.25, -0.2) is 9.97 Å². The normalized spacial score (nSPS) is 11.3. The van der Waals surface area contributed by atoms with Gasteiger partial charge in [-0.3, -0.25) is 10.1 Å². The second kappa shape index (κ2) is 7.75. The standard InChI is InChI=1S/C18H14F3N3O2S/c1-26-15-6-5-12(9-22-15)16(25)24-17-23-10-14(27-17)8-11-3-2-4-13(7-11)18(19,20)21/h2-7,9-10H,8H2,1H3,(H,23,24,25). The molecule has 2 heterocycles. The number of pyridine rings is 1. The first kappa shape index (κ1) is 18.8. The minimum absolute atomic E-state index is 0.293. The summed E-state index contributed by atoms with van der Waals surface area (Å²) in [5, 5.41) is 3.00. The van der Waals surface area contributed by atoms with Crippen molar-refractivity contribution in [1.29, 1.82) is 0 Å². The Bertz CT molecular complexity index is 940. The molecule has 3 rings (SSSR count). The van der Waals surface area contributed by atoms with Crippen LogP contribution in [0.1, 0.15) is 26.4 Å². The maximum absolute atomic E-state index is 12.8. The van der Waals surface area contributed by atoms with E-state index in [1.54, 1.807) is 18.2 Å². The molecule has 0 aliphatic carbocycles. The number of rotatable bonds is 5. The summed E-state index contributed by atoms with van der Waals surface area (Å²) in [5.41, 5.74) is 0.168. The Labute approximate surface area is 156 Å². The van der Waals surface area contributed by atoms with Crippen molar-refractivity contribution >= 4 is 22.4 Å². The number of hydrogen-bond acceptors (Lipinski definition) is 5. The number of hydrogen-bond donors (Lipinski definition) is 1. The lowest BCUT2D eigenvalue weighted by molar-refractivity contribution is -0.137. The van der Waals surface area contributed by atoms with Gasteiger partial charge in [0.15, 0.2) is 5.13 Å². The molecule has 0 bridgehead atoms. The number of anilines is 1. The molecule has 27 heavy (non-hydrogen) atoms. The molecule has 140 valence electrons. The monoisotopic (exact) mass is 393 g/mol. The van der Waals surface area contributed by atoms with Crippen LogP contribution in [0.3, 0.4) is 0 Å². The van der Waals surface area contributed by atoms with Crippen LogP contribution in [-0.4, -0.2) is 23.0 Å². The number of aromatic nitrogens is 2. The summed E-state index contributed by atoms with van der Waals surface area (Å²) in [7, 11) is 1.48. The van der Waals surface area contributed by atoms with Crippen LogP contribution in [0.5, 0.6) is 5.88 Å². The zero-order valence-electron chi connectivity index (χ0n) is 14.1. The first-order chi connectivity index (χ1) is 12.8. The third kappa shape index (κ3) is 4.82. The van der Waals surface area contributed by atoms with Crippen LogP contribution < -0.4 is 10.1 Å². The van der Waals surface area contributed by atoms with Gasteiger partial charge in [0.25, 0.3) is 5.91 Å². The van der Waals surface area contributed by atoms with E-state index in [9.17, 15) is 18.0 Å². The number of alkyl halides is 3. The smallest absolute Gasteiger partial charge is 0.416 e. The lowest BCUT2D eigenvalue weighted by atomic mass is 10.1. The molecule has 0 fully saturated rings. The van der Waals surface area contributed by atoms with Crippen LogP contribution in [0.25, 0.3) is 0 Å². The Morgan fingerprint density at radius 3 is 2.67 bits per heavy atom. The molecule has 9 heteroatoms. The van der Waals surface area contributed by atoms with Crippen molar-refractivity contribution in [2.45, 2.75) is 12.6 Å². The molecule has 0 saturated heterocycles. The summed E-state index contributed by atoms with van der Waals surface area (Å²) in [6, 6.07) is 8.27.